The molecule has 2 fully saturated rings. The lowest BCUT2D eigenvalue weighted by molar-refractivity contribution is -0.136. The topological polar surface area (TPSA) is 82.2 Å². The number of piperidine rings is 1. The van der Waals surface area contributed by atoms with E-state index in [2.05, 4.69) is 29.3 Å². The SMILES string of the molecule is C[C@H](c1ccc(COc2cccc3c2CN([C@H]2CCC(=O)NC2=O)C3=O)cc1)N1CCN(c2ccc(F)cc2F)CC1. The van der Waals surface area contributed by atoms with Crippen LogP contribution >= 0.6 is 0 Å². The van der Waals surface area contributed by atoms with Gasteiger partial charge in [0.05, 0.1) is 12.2 Å². The maximum atomic E-state index is 14.2. The first-order valence-electron chi connectivity index (χ1n) is 14.2. The number of hydrogen-bond acceptors (Lipinski definition) is 6. The maximum absolute atomic E-state index is 14.2. The van der Waals surface area contributed by atoms with Gasteiger partial charge >= 0.3 is 0 Å². The van der Waals surface area contributed by atoms with E-state index in [1.807, 2.05) is 23.1 Å². The summed E-state index contributed by atoms with van der Waals surface area (Å²) in [4.78, 5) is 42.8. The first kappa shape index (κ1) is 27.8. The van der Waals surface area contributed by atoms with Crippen molar-refractivity contribution < 1.29 is 27.9 Å². The molecule has 0 aromatic heterocycles. The van der Waals surface area contributed by atoms with E-state index >= 15 is 0 Å². The van der Waals surface area contributed by atoms with Gasteiger partial charge in [0.25, 0.3) is 5.91 Å². The van der Waals surface area contributed by atoms with E-state index in [1.54, 1.807) is 12.1 Å². The van der Waals surface area contributed by atoms with Gasteiger partial charge in [0.1, 0.15) is 30.0 Å². The smallest absolute Gasteiger partial charge is 0.255 e. The number of nitrogens with zero attached hydrogens (tertiary/aromatic N) is 3. The Hall–Kier alpha value is -4.31. The third-order valence-corrected chi connectivity index (χ3v) is 8.51. The molecular formula is C32H32F2N4O4. The Bertz CT molecular complexity index is 1520. The van der Waals surface area contributed by atoms with Crippen molar-refractivity contribution in [2.24, 2.45) is 0 Å². The van der Waals surface area contributed by atoms with Crippen LogP contribution in [0.4, 0.5) is 14.5 Å². The van der Waals surface area contributed by atoms with Gasteiger partial charge in [-0.3, -0.25) is 24.6 Å². The number of carbonyl (C=O) groups excluding carboxylic acids is 3. The average molecular weight is 575 g/mol. The zero-order chi connectivity index (χ0) is 29.4. The number of amides is 3. The van der Waals surface area contributed by atoms with Crippen molar-refractivity contribution >= 4 is 23.4 Å². The zero-order valence-corrected chi connectivity index (χ0v) is 23.3. The molecule has 10 heteroatoms. The maximum Gasteiger partial charge on any atom is 0.255 e. The van der Waals surface area contributed by atoms with Crippen LogP contribution in [-0.2, 0) is 22.7 Å². The zero-order valence-electron chi connectivity index (χ0n) is 23.3. The molecule has 3 aromatic carbocycles. The number of hydrogen-bond donors (Lipinski definition) is 1. The molecule has 0 aliphatic carbocycles. The van der Waals surface area contributed by atoms with Gasteiger partial charge in [0.2, 0.25) is 11.8 Å². The van der Waals surface area contributed by atoms with E-state index < -0.39 is 23.6 Å². The molecule has 3 amide bonds. The molecule has 0 radical (unpaired) electrons. The molecule has 218 valence electrons. The van der Waals surface area contributed by atoms with E-state index in [9.17, 15) is 23.2 Å². The van der Waals surface area contributed by atoms with Gasteiger partial charge in [0.15, 0.2) is 0 Å². The summed E-state index contributed by atoms with van der Waals surface area (Å²) in [5.41, 5.74) is 3.84. The lowest BCUT2D eigenvalue weighted by atomic mass is 10.0. The minimum Gasteiger partial charge on any atom is -0.489 e. The van der Waals surface area contributed by atoms with Gasteiger partial charge in [-0.1, -0.05) is 30.3 Å². The molecule has 6 rings (SSSR count). The average Bonchev–Trinajstić information content (AvgIpc) is 3.32. The molecule has 42 heavy (non-hydrogen) atoms. The normalized spacial score (nSPS) is 20.0. The molecule has 1 N–H and O–H groups in total. The summed E-state index contributed by atoms with van der Waals surface area (Å²) >= 11 is 0. The highest BCUT2D eigenvalue weighted by molar-refractivity contribution is 6.05. The second kappa shape index (κ2) is 11.5. The fourth-order valence-electron chi connectivity index (χ4n) is 6.04. The Kier molecular flexibility index (Phi) is 7.64. The van der Waals surface area contributed by atoms with E-state index in [0.717, 1.165) is 35.8 Å². The predicted octanol–water partition coefficient (Wildman–Crippen LogP) is 4.19. The van der Waals surface area contributed by atoms with Crippen molar-refractivity contribution in [1.82, 2.24) is 15.1 Å². The molecule has 2 atom stereocenters. The number of fused-ring (bicyclic) bond motifs is 1. The largest absolute Gasteiger partial charge is 0.489 e. The summed E-state index contributed by atoms with van der Waals surface area (Å²) in [7, 11) is 0. The fourth-order valence-corrected chi connectivity index (χ4v) is 6.04. The third-order valence-electron chi connectivity index (χ3n) is 8.51. The highest BCUT2D eigenvalue weighted by Crippen LogP contribution is 2.34. The fraction of sp³-hybridized carbons (Fsp3) is 0.344. The van der Waals surface area contributed by atoms with Gasteiger partial charge in [0, 0.05) is 55.8 Å². The number of anilines is 1. The number of ether oxygens (including phenoxy) is 1. The van der Waals surface area contributed by atoms with Crippen LogP contribution in [0.5, 0.6) is 5.75 Å². The van der Waals surface area contributed by atoms with Gasteiger partial charge < -0.3 is 14.5 Å². The van der Waals surface area contributed by atoms with Crippen LogP contribution in [-0.4, -0.2) is 59.7 Å². The summed E-state index contributed by atoms with van der Waals surface area (Å²) in [6.07, 6.45) is 0.522. The Balaban J connectivity index is 1.05. The molecule has 3 aliphatic heterocycles. The van der Waals surface area contributed by atoms with Crippen molar-refractivity contribution in [3.63, 3.8) is 0 Å². The molecule has 2 saturated heterocycles. The molecule has 0 bridgehead atoms. The van der Waals surface area contributed by atoms with Crippen LogP contribution in [0, 0.1) is 11.6 Å². The Morgan fingerprint density at radius 2 is 1.74 bits per heavy atom. The highest BCUT2D eigenvalue weighted by Gasteiger charge is 2.40. The Morgan fingerprint density at radius 1 is 0.976 bits per heavy atom. The molecule has 8 nitrogen and oxygen atoms in total. The van der Waals surface area contributed by atoms with E-state index in [4.69, 9.17) is 4.74 Å². The summed E-state index contributed by atoms with van der Waals surface area (Å²) in [6.45, 7) is 5.56. The lowest BCUT2D eigenvalue weighted by Crippen LogP contribution is -2.52. The molecule has 0 spiro atoms. The van der Waals surface area contributed by atoms with Gasteiger partial charge in [-0.05, 0) is 48.7 Å². The third kappa shape index (κ3) is 5.46. The van der Waals surface area contributed by atoms with Crippen molar-refractivity contribution in [1.29, 1.82) is 0 Å². The number of rotatable bonds is 7. The lowest BCUT2D eigenvalue weighted by Gasteiger charge is -2.39. The number of halogens is 2. The number of piperazine rings is 1. The van der Waals surface area contributed by atoms with Crippen LogP contribution in [0.15, 0.2) is 60.7 Å². The molecule has 3 aromatic rings. The van der Waals surface area contributed by atoms with Crippen LogP contribution in [0.3, 0.4) is 0 Å². The van der Waals surface area contributed by atoms with Crippen molar-refractivity contribution in [3.8, 4) is 5.75 Å². The number of imide groups is 1. The van der Waals surface area contributed by atoms with Crippen molar-refractivity contribution in [2.45, 2.75) is 45.0 Å². The van der Waals surface area contributed by atoms with Gasteiger partial charge in [-0.15, -0.1) is 0 Å². The van der Waals surface area contributed by atoms with E-state index in [-0.39, 0.29) is 30.8 Å². The summed E-state index contributed by atoms with van der Waals surface area (Å²) in [5.74, 6) is -1.49. The molecule has 0 saturated carbocycles. The standard InChI is InChI=1S/C32H32F2N4O4/c1-20(36-13-15-37(16-14-36)27-10-9-23(33)17-26(27)34)22-7-5-21(6-8-22)19-42-29-4-2-3-24-25(29)18-38(32(24)41)28-11-12-30(39)35-31(28)40/h2-10,17,20,28H,11-16,18-19H2,1H3,(H,35,39,40)/t20-,28+/m1/s1. The predicted molar refractivity (Wildman–Crippen MR) is 152 cm³/mol. The van der Waals surface area contributed by atoms with E-state index in [0.29, 0.717) is 43.1 Å². The second-order valence-electron chi connectivity index (χ2n) is 11.0. The monoisotopic (exact) mass is 574 g/mol. The highest BCUT2D eigenvalue weighted by atomic mass is 19.1. The van der Waals surface area contributed by atoms with Crippen LogP contribution in [0.1, 0.15) is 52.9 Å². The number of nitrogens with one attached hydrogen (secondary N) is 1. The van der Waals surface area contributed by atoms with Crippen molar-refractivity contribution in [3.05, 3.63) is 94.6 Å². The minimum atomic E-state index is -0.669. The number of benzene rings is 3. The molecule has 3 aliphatic rings. The Labute approximate surface area is 242 Å². The van der Waals surface area contributed by atoms with E-state index in [1.165, 1.54) is 17.0 Å². The second-order valence-corrected chi connectivity index (χ2v) is 11.0. The van der Waals surface area contributed by atoms with Crippen LogP contribution in [0.2, 0.25) is 0 Å². The summed E-state index contributed by atoms with van der Waals surface area (Å²) < 4.78 is 33.7. The van der Waals surface area contributed by atoms with Crippen molar-refractivity contribution in [2.75, 3.05) is 31.1 Å². The number of carbonyl (C=O) groups is 3. The summed E-state index contributed by atoms with van der Waals surface area (Å²) in [5, 5.41) is 2.33. The molecular weight excluding hydrogens is 542 g/mol. The molecule has 3 heterocycles. The quantitative estimate of drug-likeness (QED) is 0.427. The van der Waals surface area contributed by atoms with Gasteiger partial charge in [-0.2, -0.15) is 0 Å². The van der Waals surface area contributed by atoms with Crippen LogP contribution < -0.4 is 15.0 Å². The van der Waals surface area contributed by atoms with Crippen LogP contribution in [0.25, 0.3) is 0 Å². The first-order chi connectivity index (χ1) is 20.3. The summed E-state index contributed by atoms with van der Waals surface area (Å²) in [6, 6.07) is 16.8. The first-order valence-corrected chi connectivity index (χ1v) is 14.2. The molecule has 0 unspecified atom stereocenters. The minimum absolute atomic E-state index is 0.168. The Morgan fingerprint density at radius 3 is 2.45 bits per heavy atom. The van der Waals surface area contributed by atoms with Gasteiger partial charge in [-0.25, -0.2) is 8.78 Å².